The summed E-state index contributed by atoms with van der Waals surface area (Å²) in [7, 11) is -3.27. The number of rotatable bonds is 4. The molecule has 0 radical (unpaired) electrons. The topological polar surface area (TPSA) is 54.4 Å². The number of phenols is 1. The first-order valence-corrected chi connectivity index (χ1v) is 7.81. The van der Waals surface area contributed by atoms with Crippen LogP contribution in [0.5, 0.6) is 5.75 Å². The van der Waals surface area contributed by atoms with Crippen molar-refractivity contribution < 1.29 is 13.5 Å². The van der Waals surface area contributed by atoms with E-state index in [1.165, 1.54) is 18.2 Å². The highest BCUT2D eigenvalue weighted by atomic mass is 32.2. The maximum Gasteiger partial charge on any atom is 0.178 e. The summed E-state index contributed by atoms with van der Waals surface area (Å²) in [5, 5.41) is 9.89. The lowest BCUT2D eigenvalue weighted by atomic mass is 10.1. The fourth-order valence-corrected chi connectivity index (χ4v) is 3.29. The average molecular weight is 276 g/mol. The molecule has 19 heavy (non-hydrogen) atoms. The summed E-state index contributed by atoms with van der Waals surface area (Å²) in [5.41, 5.74) is 1.34. The van der Waals surface area contributed by atoms with Crippen molar-refractivity contribution >= 4 is 9.84 Å². The molecule has 1 N–H and O–H groups in total. The van der Waals surface area contributed by atoms with Gasteiger partial charge in [-0.2, -0.15) is 0 Å². The Balaban J connectivity index is 2.53. The zero-order valence-electron chi connectivity index (χ0n) is 10.7. The van der Waals surface area contributed by atoms with Crippen molar-refractivity contribution in [2.24, 2.45) is 0 Å². The Bertz CT molecular complexity index is 661. The van der Waals surface area contributed by atoms with Crippen LogP contribution in [0.3, 0.4) is 0 Å². The molecule has 0 atom stereocenters. The molecule has 100 valence electrons. The van der Waals surface area contributed by atoms with Gasteiger partial charge in [0.05, 0.1) is 10.6 Å². The zero-order chi connectivity index (χ0) is 13.9. The van der Waals surface area contributed by atoms with E-state index in [9.17, 15) is 13.5 Å². The third kappa shape index (κ3) is 2.96. The van der Waals surface area contributed by atoms with Crippen LogP contribution in [0.1, 0.15) is 13.3 Å². The molecule has 0 aliphatic rings. The summed E-state index contributed by atoms with van der Waals surface area (Å²) in [6, 6.07) is 13.7. The maximum absolute atomic E-state index is 12.0. The highest BCUT2D eigenvalue weighted by molar-refractivity contribution is 7.91. The van der Waals surface area contributed by atoms with Gasteiger partial charge in [-0.25, -0.2) is 8.42 Å². The number of sulfone groups is 1. The van der Waals surface area contributed by atoms with Gasteiger partial charge in [0, 0.05) is 5.56 Å². The van der Waals surface area contributed by atoms with Crippen molar-refractivity contribution in [3.63, 3.8) is 0 Å². The smallest absolute Gasteiger partial charge is 0.178 e. The van der Waals surface area contributed by atoms with E-state index in [4.69, 9.17) is 0 Å². The molecular formula is C15H16O3S. The Morgan fingerprint density at radius 3 is 2.37 bits per heavy atom. The van der Waals surface area contributed by atoms with Crippen LogP contribution in [0.2, 0.25) is 0 Å². The van der Waals surface area contributed by atoms with Gasteiger partial charge in [0.25, 0.3) is 0 Å². The van der Waals surface area contributed by atoms with E-state index in [0.29, 0.717) is 12.0 Å². The van der Waals surface area contributed by atoms with E-state index in [0.717, 1.165) is 5.56 Å². The minimum Gasteiger partial charge on any atom is -0.507 e. The highest BCUT2D eigenvalue weighted by Gasteiger charge is 2.15. The van der Waals surface area contributed by atoms with Gasteiger partial charge >= 0.3 is 0 Å². The predicted molar refractivity (Wildman–Crippen MR) is 75.9 cm³/mol. The Hall–Kier alpha value is -1.81. The number of aromatic hydroxyl groups is 1. The van der Waals surface area contributed by atoms with E-state index < -0.39 is 9.84 Å². The Labute approximate surface area is 113 Å². The molecule has 2 rings (SSSR count). The van der Waals surface area contributed by atoms with Crippen LogP contribution in [0.15, 0.2) is 53.4 Å². The van der Waals surface area contributed by atoms with E-state index in [1.54, 1.807) is 0 Å². The van der Waals surface area contributed by atoms with Gasteiger partial charge in [-0.1, -0.05) is 37.3 Å². The van der Waals surface area contributed by atoms with Crippen LogP contribution >= 0.6 is 0 Å². The van der Waals surface area contributed by atoms with Gasteiger partial charge < -0.3 is 5.11 Å². The molecule has 0 heterocycles. The summed E-state index contributed by atoms with van der Waals surface area (Å²) < 4.78 is 24.1. The number of hydrogen-bond acceptors (Lipinski definition) is 3. The fourth-order valence-electron chi connectivity index (χ4n) is 1.94. The standard InChI is InChI=1S/C15H16O3S/c1-2-10-19(17,18)13-8-9-15(16)14(11-13)12-6-4-3-5-7-12/h3-9,11,16H,2,10H2,1H3. The molecule has 0 fully saturated rings. The Kier molecular flexibility index (Phi) is 3.90. The zero-order valence-corrected chi connectivity index (χ0v) is 11.5. The number of benzene rings is 2. The lowest BCUT2D eigenvalue weighted by Gasteiger charge is -2.08. The van der Waals surface area contributed by atoms with Crippen molar-refractivity contribution in [1.29, 1.82) is 0 Å². The van der Waals surface area contributed by atoms with Crippen LogP contribution < -0.4 is 0 Å². The molecule has 0 unspecified atom stereocenters. The van der Waals surface area contributed by atoms with Gasteiger partial charge in [0.15, 0.2) is 9.84 Å². The molecule has 0 saturated heterocycles. The van der Waals surface area contributed by atoms with Crippen LogP contribution in [0, 0.1) is 0 Å². The first-order valence-electron chi connectivity index (χ1n) is 6.16. The lowest BCUT2D eigenvalue weighted by molar-refractivity contribution is 0.477. The molecule has 0 bridgehead atoms. The van der Waals surface area contributed by atoms with Crippen molar-refractivity contribution in [1.82, 2.24) is 0 Å². The van der Waals surface area contributed by atoms with Crippen molar-refractivity contribution in [2.45, 2.75) is 18.2 Å². The lowest BCUT2D eigenvalue weighted by Crippen LogP contribution is -2.05. The van der Waals surface area contributed by atoms with Crippen molar-refractivity contribution in [2.75, 3.05) is 5.75 Å². The molecule has 0 aliphatic carbocycles. The monoisotopic (exact) mass is 276 g/mol. The van der Waals surface area contributed by atoms with Crippen LogP contribution in [0.4, 0.5) is 0 Å². The van der Waals surface area contributed by atoms with Crippen LogP contribution in [-0.2, 0) is 9.84 Å². The minimum absolute atomic E-state index is 0.0849. The van der Waals surface area contributed by atoms with E-state index in [2.05, 4.69) is 0 Å². The number of phenolic OH excluding ortho intramolecular Hbond substituents is 1. The summed E-state index contributed by atoms with van der Waals surface area (Å²) >= 11 is 0. The van der Waals surface area contributed by atoms with E-state index >= 15 is 0 Å². The molecule has 0 saturated carbocycles. The Morgan fingerprint density at radius 1 is 1.05 bits per heavy atom. The second-order valence-corrected chi connectivity index (χ2v) is 6.47. The summed E-state index contributed by atoms with van der Waals surface area (Å²) in [4.78, 5) is 0.256. The fraction of sp³-hybridized carbons (Fsp3) is 0.200. The third-order valence-corrected chi connectivity index (χ3v) is 4.80. The average Bonchev–Trinajstić information content (AvgIpc) is 2.40. The van der Waals surface area contributed by atoms with E-state index in [1.807, 2.05) is 37.3 Å². The first-order chi connectivity index (χ1) is 9.04. The molecule has 0 spiro atoms. The van der Waals surface area contributed by atoms with Gasteiger partial charge in [0.1, 0.15) is 5.75 Å². The molecule has 0 aromatic heterocycles. The van der Waals surface area contributed by atoms with Crippen molar-refractivity contribution in [3.8, 4) is 16.9 Å². The normalized spacial score (nSPS) is 11.4. The molecule has 2 aromatic rings. The Morgan fingerprint density at radius 2 is 1.74 bits per heavy atom. The third-order valence-electron chi connectivity index (χ3n) is 2.88. The van der Waals surface area contributed by atoms with E-state index in [-0.39, 0.29) is 16.4 Å². The second kappa shape index (κ2) is 5.45. The molecule has 0 amide bonds. The van der Waals surface area contributed by atoms with Crippen LogP contribution in [-0.4, -0.2) is 19.3 Å². The van der Waals surface area contributed by atoms with Gasteiger partial charge in [-0.15, -0.1) is 0 Å². The summed E-state index contributed by atoms with van der Waals surface area (Å²) in [6.07, 6.45) is 0.573. The molecule has 2 aromatic carbocycles. The first kappa shape index (κ1) is 13.6. The number of hydrogen-bond donors (Lipinski definition) is 1. The van der Waals surface area contributed by atoms with Gasteiger partial charge in [-0.05, 0) is 30.2 Å². The van der Waals surface area contributed by atoms with Crippen LogP contribution in [0.25, 0.3) is 11.1 Å². The predicted octanol–water partition coefficient (Wildman–Crippen LogP) is 3.24. The van der Waals surface area contributed by atoms with Gasteiger partial charge in [0.2, 0.25) is 0 Å². The molecular weight excluding hydrogens is 260 g/mol. The maximum atomic E-state index is 12.0. The quantitative estimate of drug-likeness (QED) is 0.932. The molecule has 0 aliphatic heterocycles. The summed E-state index contributed by atoms with van der Waals surface area (Å²) in [5.74, 6) is 0.202. The largest absolute Gasteiger partial charge is 0.507 e. The SMILES string of the molecule is CCCS(=O)(=O)c1ccc(O)c(-c2ccccc2)c1. The molecule has 3 nitrogen and oxygen atoms in total. The second-order valence-electron chi connectivity index (χ2n) is 4.36. The highest BCUT2D eigenvalue weighted by Crippen LogP contribution is 2.31. The molecule has 4 heteroatoms. The minimum atomic E-state index is -3.27. The van der Waals surface area contributed by atoms with Gasteiger partial charge in [-0.3, -0.25) is 0 Å². The summed E-state index contributed by atoms with van der Waals surface area (Å²) in [6.45, 7) is 1.83. The van der Waals surface area contributed by atoms with Crippen molar-refractivity contribution in [3.05, 3.63) is 48.5 Å².